The van der Waals surface area contributed by atoms with Gasteiger partial charge in [0.25, 0.3) is 0 Å². The van der Waals surface area contributed by atoms with Crippen molar-refractivity contribution >= 4 is 17.7 Å². The third-order valence-electron chi connectivity index (χ3n) is 5.85. The van der Waals surface area contributed by atoms with Crippen LogP contribution in [0.4, 0.5) is 8.78 Å². The summed E-state index contributed by atoms with van der Waals surface area (Å²) in [6.07, 6.45) is 4.87. The van der Waals surface area contributed by atoms with E-state index in [1.807, 2.05) is 12.2 Å². The molecule has 1 saturated carbocycles. The lowest BCUT2D eigenvalue weighted by Gasteiger charge is -2.22. The number of likely N-dealkylation sites (N-methyl/N-ethyl adjacent to an activating group) is 1. The Balaban J connectivity index is 1.36. The Morgan fingerprint density at radius 1 is 1.14 bits per heavy atom. The van der Waals surface area contributed by atoms with Gasteiger partial charge >= 0.3 is 6.61 Å². The number of hydrogen-bond acceptors (Lipinski definition) is 4. The lowest BCUT2D eigenvalue weighted by Crippen LogP contribution is -2.42. The van der Waals surface area contributed by atoms with Gasteiger partial charge < -0.3 is 9.64 Å². The van der Waals surface area contributed by atoms with Gasteiger partial charge in [0.1, 0.15) is 12.3 Å². The summed E-state index contributed by atoms with van der Waals surface area (Å²) < 4.78 is 28.7. The molecule has 4 atom stereocenters. The number of halogens is 2. The number of hydrogen-bond donors (Lipinski definition) is 0. The van der Waals surface area contributed by atoms with Crippen molar-refractivity contribution < 1.29 is 27.9 Å². The number of nitrogens with zero attached hydrogens (tertiary/aromatic N) is 2. The van der Waals surface area contributed by atoms with Gasteiger partial charge in [-0.25, -0.2) is 0 Å². The van der Waals surface area contributed by atoms with Crippen LogP contribution in [0.2, 0.25) is 0 Å². The molecule has 1 saturated heterocycles. The van der Waals surface area contributed by atoms with Gasteiger partial charge in [-0.2, -0.15) is 8.78 Å². The fraction of sp³-hybridized carbons (Fsp3) is 0.450. The maximum absolute atomic E-state index is 12.7. The zero-order valence-corrected chi connectivity index (χ0v) is 15.3. The molecule has 1 aliphatic heterocycles. The molecule has 4 rings (SSSR count). The summed E-state index contributed by atoms with van der Waals surface area (Å²) in [5.74, 6) is -1.22. The highest BCUT2D eigenvalue weighted by Gasteiger charge is 2.59. The first-order valence-electron chi connectivity index (χ1n) is 9.16. The Bertz CT molecular complexity index is 809. The smallest absolute Gasteiger partial charge is 0.387 e. The van der Waals surface area contributed by atoms with Crippen LogP contribution in [0.3, 0.4) is 0 Å². The summed E-state index contributed by atoms with van der Waals surface area (Å²) in [7, 11) is 1.57. The number of rotatable bonds is 6. The molecule has 0 aromatic heterocycles. The van der Waals surface area contributed by atoms with Crippen molar-refractivity contribution in [2.75, 3.05) is 13.6 Å². The summed E-state index contributed by atoms with van der Waals surface area (Å²) in [5, 5.41) is 0. The summed E-state index contributed by atoms with van der Waals surface area (Å²) in [4.78, 5) is 40.4. The second kappa shape index (κ2) is 7.00. The van der Waals surface area contributed by atoms with E-state index < -0.39 is 6.61 Å². The van der Waals surface area contributed by atoms with Crippen LogP contribution in [0.1, 0.15) is 12.0 Å². The van der Waals surface area contributed by atoms with Crippen molar-refractivity contribution in [3.63, 3.8) is 0 Å². The number of allylic oxidation sites excluding steroid dienone is 2. The van der Waals surface area contributed by atoms with Crippen LogP contribution in [0, 0.1) is 23.7 Å². The van der Waals surface area contributed by atoms with E-state index >= 15 is 0 Å². The van der Waals surface area contributed by atoms with Crippen molar-refractivity contribution in [3.05, 3.63) is 42.0 Å². The molecule has 0 N–H and O–H groups in total. The van der Waals surface area contributed by atoms with Gasteiger partial charge in [0, 0.05) is 13.6 Å². The number of amides is 3. The molecular formula is C20H20F2N2O4. The molecule has 0 radical (unpaired) electrons. The summed E-state index contributed by atoms with van der Waals surface area (Å²) in [6.45, 7) is -2.94. The van der Waals surface area contributed by atoms with E-state index in [1.54, 1.807) is 19.2 Å². The van der Waals surface area contributed by atoms with E-state index in [0.717, 1.165) is 16.9 Å². The molecule has 3 amide bonds. The minimum Gasteiger partial charge on any atom is -0.435 e. The van der Waals surface area contributed by atoms with Crippen LogP contribution in [-0.4, -0.2) is 47.7 Å². The van der Waals surface area contributed by atoms with Crippen LogP contribution in [-0.2, 0) is 20.9 Å². The molecule has 3 aliphatic rings. The van der Waals surface area contributed by atoms with Gasteiger partial charge in [-0.15, -0.1) is 0 Å². The number of carbonyl (C=O) groups excluding carboxylic acids is 3. The predicted octanol–water partition coefficient (Wildman–Crippen LogP) is 2.05. The molecule has 2 fully saturated rings. The second-order valence-corrected chi connectivity index (χ2v) is 7.53. The fourth-order valence-electron chi connectivity index (χ4n) is 4.51. The normalized spacial score (nSPS) is 27.6. The fourth-order valence-corrected chi connectivity index (χ4v) is 4.51. The molecule has 8 heteroatoms. The van der Waals surface area contributed by atoms with E-state index in [2.05, 4.69) is 4.74 Å². The first kappa shape index (κ1) is 18.6. The average molecular weight is 390 g/mol. The number of fused-ring (bicyclic) bond motifs is 5. The Morgan fingerprint density at radius 2 is 1.71 bits per heavy atom. The number of benzene rings is 1. The van der Waals surface area contributed by atoms with Crippen molar-refractivity contribution in [2.45, 2.75) is 19.6 Å². The van der Waals surface area contributed by atoms with Crippen LogP contribution >= 0.6 is 0 Å². The van der Waals surface area contributed by atoms with Crippen molar-refractivity contribution in [2.24, 2.45) is 23.7 Å². The topological polar surface area (TPSA) is 66.9 Å². The quantitative estimate of drug-likeness (QED) is 0.551. The van der Waals surface area contributed by atoms with Gasteiger partial charge in [-0.1, -0.05) is 24.3 Å². The lowest BCUT2D eigenvalue weighted by molar-refractivity contribution is -0.146. The first-order valence-corrected chi connectivity index (χ1v) is 9.16. The minimum absolute atomic E-state index is 0.0377. The summed E-state index contributed by atoms with van der Waals surface area (Å²) in [6, 6.07) is 5.97. The molecule has 1 aromatic rings. The Labute approximate surface area is 160 Å². The molecule has 2 aliphatic carbocycles. The second-order valence-electron chi connectivity index (χ2n) is 7.53. The van der Waals surface area contributed by atoms with Gasteiger partial charge in [0.2, 0.25) is 17.7 Å². The highest BCUT2D eigenvalue weighted by molar-refractivity contribution is 6.08. The predicted molar refractivity (Wildman–Crippen MR) is 94.0 cm³/mol. The van der Waals surface area contributed by atoms with E-state index in [0.29, 0.717) is 0 Å². The maximum Gasteiger partial charge on any atom is 0.387 e. The molecule has 1 aromatic carbocycles. The number of carbonyl (C=O) groups is 3. The Morgan fingerprint density at radius 3 is 2.25 bits per heavy atom. The molecular weight excluding hydrogens is 370 g/mol. The highest BCUT2D eigenvalue weighted by atomic mass is 19.3. The molecule has 148 valence electrons. The third kappa shape index (κ3) is 3.16. The molecule has 6 nitrogen and oxygen atoms in total. The van der Waals surface area contributed by atoms with Crippen LogP contribution in [0.25, 0.3) is 0 Å². The number of likely N-dealkylation sites (tertiary alicyclic amines) is 1. The van der Waals surface area contributed by atoms with Crippen LogP contribution < -0.4 is 4.74 Å². The van der Waals surface area contributed by atoms with E-state index in [-0.39, 0.29) is 60.2 Å². The highest BCUT2D eigenvalue weighted by Crippen LogP contribution is 2.52. The van der Waals surface area contributed by atoms with Gasteiger partial charge in [0.15, 0.2) is 0 Å². The largest absolute Gasteiger partial charge is 0.435 e. The van der Waals surface area contributed by atoms with E-state index in [1.165, 1.54) is 17.0 Å². The molecule has 1 heterocycles. The molecule has 28 heavy (non-hydrogen) atoms. The minimum atomic E-state index is -2.89. The van der Waals surface area contributed by atoms with E-state index in [9.17, 15) is 23.2 Å². The van der Waals surface area contributed by atoms with Gasteiger partial charge in [-0.3, -0.25) is 19.3 Å². The SMILES string of the molecule is CN(Cc1ccc(OC(F)F)cc1)C(=O)CN1C(=O)[C@@H]2[C@H](C1=O)[C@@H]1C=C[C@H]2C1. The van der Waals surface area contributed by atoms with Gasteiger partial charge in [-0.05, 0) is 36.0 Å². The van der Waals surface area contributed by atoms with Crippen LogP contribution in [0.15, 0.2) is 36.4 Å². The van der Waals surface area contributed by atoms with Crippen molar-refractivity contribution in [3.8, 4) is 5.75 Å². The van der Waals surface area contributed by atoms with E-state index in [4.69, 9.17) is 0 Å². The maximum atomic E-state index is 12.7. The summed E-state index contributed by atoms with van der Waals surface area (Å²) >= 11 is 0. The van der Waals surface area contributed by atoms with Crippen LogP contribution in [0.5, 0.6) is 5.75 Å². The number of alkyl halides is 2. The first-order chi connectivity index (χ1) is 13.3. The average Bonchev–Trinajstić information content (AvgIpc) is 3.33. The van der Waals surface area contributed by atoms with Crippen molar-refractivity contribution in [1.82, 2.24) is 9.80 Å². The van der Waals surface area contributed by atoms with Crippen molar-refractivity contribution in [1.29, 1.82) is 0 Å². The molecule has 0 unspecified atom stereocenters. The number of imide groups is 1. The zero-order valence-electron chi connectivity index (χ0n) is 15.3. The Hall–Kier alpha value is -2.77. The van der Waals surface area contributed by atoms with Gasteiger partial charge in [0.05, 0.1) is 11.8 Å². The number of ether oxygens (including phenoxy) is 1. The Kier molecular flexibility index (Phi) is 4.64. The third-order valence-corrected chi connectivity index (χ3v) is 5.85. The summed E-state index contributed by atoms with van der Waals surface area (Å²) in [5.41, 5.74) is 0.718. The standard InChI is InChI=1S/C20H20F2N2O4/c1-23(9-11-2-6-14(7-3-11)28-20(21)22)15(25)10-24-18(26)16-12-4-5-13(8-12)17(16)19(24)27/h2-7,12-13,16-17,20H,8-10H2,1H3/t12-,13+,16-,17+. The lowest BCUT2D eigenvalue weighted by atomic mass is 9.85. The molecule has 2 bridgehead atoms. The zero-order chi connectivity index (χ0) is 20.0. The monoisotopic (exact) mass is 390 g/mol. The molecule has 0 spiro atoms.